The van der Waals surface area contributed by atoms with Crippen molar-refractivity contribution in [2.24, 2.45) is 5.73 Å². The summed E-state index contributed by atoms with van der Waals surface area (Å²) < 4.78 is 16.5. The molecule has 0 aliphatic rings. The van der Waals surface area contributed by atoms with Crippen LogP contribution in [0.4, 0.5) is 4.39 Å². The number of halogens is 1. The minimum atomic E-state index is -0.831. The first kappa shape index (κ1) is 14.3. The molecule has 3 aromatic heterocycles. The lowest BCUT2D eigenvalue weighted by molar-refractivity contribution is 0.184. The smallest absolute Gasteiger partial charge is 0.146 e. The first-order valence-electron chi connectivity index (χ1n) is 7.22. The predicted octanol–water partition coefficient (Wildman–Crippen LogP) is 3.35. The van der Waals surface area contributed by atoms with E-state index in [1.165, 1.54) is 17.4 Å². The summed E-state index contributed by atoms with van der Waals surface area (Å²) in [6, 6.07) is 10.7. The number of hydrogen-bond donors (Lipinski definition) is 2. The van der Waals surface area contributed by atoms with Gasteiger partial charge in [0.2, 0.25) is 0 Å². The molecule has 4 rings (SSSR count). The van der Waals surface area contributed by atoms with Crippen molar-refractivity contribution < 1.29 is 9.50 Å². The Kier molecular flexibility index (Phi) is 3.37. The standard InChI is InChI=1S/C17H14FN3OS/c18-12-5-3-4-10-11(9-23-16(10)12)17-20-15(14(22)8-19)13-6-1-2-7-21(13)17/h1-7,9,14,22H,8,19H2. The number of nitrogens with zero attached hydrogens (tertiary/aromatic N) is 2. The summed E-state index contributed by atoms with van der Waals surface area (Å²) >= 11 is 1.35. The fourth-order valence-electron chi connectivity index (χ4n) is 2.80. The molecule has 3 heterocycles. The van der Waals surface area contributed by atoms with E-state index in [1.807, 2.05) is 40.2 Å². The Hall–Kier alpha value is -2.28. The normalized spacial score (nSPS) is 13.0. The Morgan fingerprint density at radius 2 is 2.13 bits per heavy atom. The second kappa shape index (κ2) is 5.42. The van der Waals surface area contributed by atoms with E-state index in [4.69, 9.17) is 5.73 Å². The molecule has 116 valence electrons. The largest absolute Gasteiger partial charge is 0.385 e. The van der Waals surface area contributed by atoms with E-state index in [9.17, 15) is 9.50 Å². The molecule has 0 fully saturated rings. The summed E-state index contributed by atoms with van der Waals surface area (Å²) in [5, 5.41) is 12.9. The Morgan fingerprint density at radius 1 is 1.26 bits per heavy atom. The zero-order chi connectivity index (χ0) is 16.0. The van der Waals surface area contributed by atoms with E-state index in [1.54, 1.807) is 6.07 Å². The van der Waals surface area contributed by atoms with Gasteiger partial charge in [0.1, 0.15) is 17.7 Å². The molecule has 1 atom stereocenters. The van der Waals surface area contributed by atoms with Crippen LogP contribution in [-0.4, -0.2) is 21.0 Å². The van der Waals surface area contributed by atoms with Gasteiger partial charge in [0.05, 0.1) is 15.9 Å². The van der Waals surface area contributed by atoms with E-state index in [0.717, 1.165) is 16.5 Å². The molecular formula is C17H14FN3OS. The Balaban J connectivity index is 2.03. The zero-order valence-electron chi connectivity index (χ0n) is 12.1. The highest BCUT2D eigenvalue weighted by Crippen LogP contribution is 2.36. The second-order valence-electron chi connectivity index (χ2n) is 5.29. The summed E-state index contributed by atoms with van der Waals surface area (Å²) in [5.41, 5.74) is 7.78. The Labute approximate surface area is 135 Å². The third-order valence-corrected chi connectivity index (χ3v) is 4.91. The molecule has 0 aliphatic heterocycles. The van der Waals surface area contributed by atoms with Gasteiger partial charge in [-0.05, 0) is 18.2 Å². The van der Waals surface area contributed by atoms with Crippen LogP contribution in [0.2, 0.25) is 0 Å². The van der Waals surface area contributed by atoms with E-state index < -0.39 is 6.10 Å². The van der Waals surface area contributed by atoms with Gasteiger partial charge in [0, 0.05) is 29.1 Å². The van der Waals surface area contributed by atoms with Crippen molar-refractivity contribution in [3.8, 4) is 11.4 Å². The summed E-state index contributed by atoms with van der Waals surface area (Å²) in [5.74, 6) is 0.446. The van der Waals surface area contributed by atoms with Crippen LogP contribution < -0.4 is 5.73 Å². The zero-order valence-corrected chi connectivity index (χ0v) is 12.9. The topological polar surface area (TPSA) is 63.5 Å². The molecule has 0 saturated heterocycles. The van der Waals surface area contributed by atoms with Gasteiger partial charge in [-0.25, -0.2) is 9.37 Å². The quantitative estimate of drug-likeness (QED) is 0.606. The highest BCUT2D eigenvalue weighted by molar-refractivity contribution is 7.17. The highest BCUT2D eigenvalue weighted by Gasteiger charge is 2.20. The number of nitrogens with two attached hydrogens (primary N) is 1. The number of pyridine rings is 1. The summed E-state index contributed by atoms with van der Waals surface area (Å²) in [6.45, 7) is 0.0972. The molecule has 0 bridgehead atoms. The summed E-state index contributed by atoms with van der Waals surface area (Å²) in [7, 11) is 0. The Bertz CT molecular complexity index is 1010. The number of aromatic nitrogens is 2. The van der Waals surface area contributed by atoms with Crippen molar-refractivity contribution in [2.45, 2.75) is 6.10 Å². The molecule has 0 spiro atoms. The van der Waals surface area contributed by atoms with Crippen molar-refractivity contribution in [3.63, 3.8) is 0 Å². The maximum absolute atomic E-state index is 13.9. The van der Waals surface area contributed by atoms with Crippen LogP contribution in [0.5, 0.6) is 0 Å². The number of hydrogen-bond acceptors (Lipinski definition) is 4. The molecule has 1 aromatic carbocycles. The molecule has 4 aromatic rings. The maximum Gasteiger partial charge on any atom is 0.146 e. The predicted molar refractivity (Wildman–Crippen MR) is 90.0 cm³/mol. The van der Waals surface area contributed by atoms with Gasteiger partial charge in [0.25, 0.3) is 0 Å². The minimum absolute atomic E-state index is 0.0972. The van der Waals surface area contributed by atoms with Crippen molar-refractivity contribution in [1.82, 2.24) is 9.38 Å². The molecule has 23 heavy (non-hydrogen) atoms. The van der Waals surface area contributed by atoms with Crippen molar-refractivity contribution in [3.05, 3.63) is 59.5 Å². The van der Waals surface area contributed by atoms with E-state index in [0.29, 0.717) is 16.2 Å². The molecule has 4 nitrogen and oxygen atoms in total. The average Bonchev–Trinajstić information content (AvgIpc) is 3.16. The maximum atomic E-state index is 13.9. The highest BCUT2D eigenvalue weighted by atomic mass is 32.1. The number of fused-ring (bicyclic) bond motifs is 2. The van der Waals surface area contributed by atoms with Crippen LogP contribution in [-0.2, 0) is 0 Å². The molecule has 0 aliphatic carbocycles. The van der Waals surface area contributed by atoms with Crippen molar-refractivity contribution >= 4 is 26.9 Å². The molecular weight excluding hydrogens is 313 g/mol. The van der Waals surface area contributed by atoms with Crippen LogP contribution >= 0.6 is 11.3 Å². The van der Waals surface area contributed by atoms with Crippen LogP contribution in [0.25, 0.3) is 27.0 Å². The van der Waals surface area contributed by atoms with Gasteiger partial charge in [-0.15, -0.1) is 11.3 Å². The number of rotatable bonds is 3. The van der Waals surface area contributed by atoms with E-state index >= 15 is 0 Å². The van der Waals surface area contributed by atoms with Gasteiger partial charge in [-0.2, -0.15) is 0 Å². The van der Waals surface area contributed by atoms with E-state index in [2.05, 4.69) is 4.98 Å². The number of imidazole rings is 1. The SMILES string of the molecule is NCC(O)c1nc(-c2csc3c(F)cccc23)n2ccccc12. The van der Waals surface area contributed by atoms with Gasteiger partial charge in [0.15, 0.2) is 0 Å². The fourth-order valence-corrected chi connectivity index (χ4v) is 3.76. The number of thiophene rings is 1. The monoisotopic (exact) mass is 327 g/mol. The third kappa shape index (κ3) is 2.15. The van der Waals surface area contributed by atoms with Crippen LogP contribution in [0, 0.1) is 5.82 Å². The number of aliphatic hydroxyl groups excluding tert-OH is 1. The lowest BCUT2D eigenvalue weighted by Crippen LogP contribution is -2.12. The Morgan fingerprint density at radius 3 is 2.96 bits per heavy atom. The summed E-state index contributed by atoms with van der Waals surface area (Å²) in [6.07, 6.45) is 1.05. The molecule has 1 unspecified atom stereocenters. The molecule has 0 saturated carbocycles. The van der Waals surface area contributed by atoms with Gasteiger partial charge < -0.3 is 10.8 Å². The molecule has 6 heteroatoms. The molecule has 0 radical (unpaired) electrons. The first-order chi connectivity index (χ1) is 11.2. The van der Waals surface area contributed by atoms with Crippen molar-refractivity contribution in [1.29, 1.82) is 0 Å². The third-order valence-electron chi connectivity index (χ3n) is 3.91. The number of aliphatic hydroxyl groups is 1. The lowest BCUT2D eigenvalue weighted by Gasteiger charge is -2.03. The van der Waals surface area contributed by atoms with Crippen LogP contribution in [0.3, 0.4) is 0 Å². The minimum Gasteiger partial charge on any atom is -0.385 e. The van der Waals surface area contributed by atoms with E-state index in [-0.39, 0.29) is 12.4 Å². The fraction of sp³-hybridized carbons (Fsp3) is 0.118. The average molecular weight is 327 g/mol. The molecule has 3 N–H and O–H groups in total. The molecule has 0 amide bonds. The van der Waals surface area contributed by atoms with Gasteiger partial charge in [-0.1, -0.05) is 18.2 Å². The number of benzene rings is 1. The lowest BCUT2D eigenvalue weighted by atomic mass is 10.1. The second-order valence-corrected chi connectivity index (χ2v) is 6.17. The summed E-state index contributed by atoms with van der Waals surface area (Å²) in [4.78, 5) is 4.60. The first-order valence-corrected chi connectivity index (χ1v) is 8.10. The van der Waals surface area contributed by atoms with Crippen LogP contribution in [0.1, 0.15) is 11.8 Å². The van der Waals surface area contributed by atoms with Gasteiger partial charge in [-0.3, -0.25) is 4.40 Å². The van der Waals surface area contributed by atoms with Crippen molar-refractivity contribution in [2.75, 3.05) is 6.54 Å². The van der Waals surface area contributed by atoms with Crippen LogP contribution in [0.15, 0.2) is 48.0 Å². The van der Waals surface area contributed by atoms with Gasteiger partial charge >= 0.3 is 0 Å².